The van der Waals surface area contributed by atoms with Crippen LogP contribution in [0, 0.1) is 5.92 Å². The first-order valence-corrected chi connectivity index (χ1v) is 7.62. The molecule has 0 fully saturated rings. The van der Waals surface area contributed by atoms with Gasteiger partial charge >= 0.3 is 0 Å². The lowest BCUT2D eigenvalue weighted by Gasteiger charge is -2.19. The average molecular weight is 235 g/mol. The van der Waals surface area contributed by atoms with E-state index in [-0.39, 0.29) is 11.8 Å². The summed E-state index contributed by atoms with van der Waals surface area (Å²) < 4.78 is 23.5. The number of hydrogen-bond acceptors (Lipinski definition) is 3. The topological polar surface area (TPSA) is 46.2 Å². The van der Waals surface area contributed by atoms with Crippen LogP contribution in [-0.2, 0) is 9.84 Å². The molecule has 0 amide bonds. The molecule has 0 aromatic heterocycles. The van der Waals surface area contributed by atoms with E-state index in [1.807, 2.05) is 20.9 Å². The number of sulfone groups is 1. The molecule has 92 valence electrons. The number of nitrogens with one attached hydrogen (secondary N) is 1. The fraction of sp³-hybridized carbons (Fsp3) is 1.00. The molecule has 0 saturated carbocycles. The largest absolute Gasteiger partial charge is 0.316 e. The number of rotatable bonds is 8. The van der Waals surface area contributed by atoms with E-state index in [1.165, 1.54) is 0 Å². The molecule has 0 aliphatic heterocycles. The molecule has 0 spiro atoms. The molecule has 4 heteroatoms. The van der Waals surface area contributed by atoms with Crippen LogP contribution < -0.4 is 5.32 Å². The van der Waals surface area contributed by atoms with E-state index >= 15 is 0 Å². The maximum atomic E-state index is 11.7. The molecule has 0 aromatic rings. The van der Waals surface area contributed by atoms with Crippen LogP contribution in [0.1, 0.15) is 40.0 Å². The second-order valence-corrected chi connectivity index (χ2v) is 6.69. The van der Waals surface area contributed by atoms with Gasteiger partial charge in [-0.25, -0.2) is 8.42 Å². The van der Waals surface area contributed by atoms with Gasteiger partial charge in [0.15, 0.2) is 9.84 Å². The van der Waals surface area contributed by atoms with Gasteiger partial charge in [0.05, 0.1) is 11.5 Å². The Kier molecular flexibility index (Phi) is 7.18. The van der Waals surface area contributed by atoms with Crippen LogP contribution in [-0.4, -0.2) is 33.0 Å². The van der Waals surface area contributed by atoms with Crippen molar-refractivity contribution in [1.29, 1.82) is 0 Å². The molecular weight excluding hydrogens is 210 g/mol. The van der Waals surface area contributed by atoms with Crippen molar-refractivity contribution in [2.45, 2.75) is 46.1 Å². The Bertz CT molecular complexity index is 247. The van der Waals surface area contributed by atoms with Gasteiger partial charge in [-0.15, -0.1) is 0 Å². The van der Waals surface area contributed by atoms with Gasteiger partial charge in [-0.05, 0) is 19.4 Å². The third kappa shape index (κ3) is 6.90. The molecule has 1 unspecified atom stereocenters. The molecule has 1 atom stereocenters. The Balaban J connectivity index is 4.11. The van der Waals surface area contributed by atoms with E-state index in [1.54, 1.807) is 0 Å². The predicted octanol–water partition coefficient (Wildman–Crippen LogP) is 1.84. The second-order valence-electron chi connectivity index (χ2n) is 4.46. The standard InChI is InChI=1S/C11H25NO2S/c1-5-6-7-8-15(13,14)9-11(12-4)10(2)3/h10-12H,5-9H2,1-4H3. The van der Waals surface area contributed by atoms with Crippen LogP contribution >= 0.6 is 0 Å². The fourth-order valence-electron chi connectivity index (χ4n) is 1.54. The monoisotopic (exact) mass is 235 g/mol. The number of hydrogen-bond donors (Lipinski definition) is 1. The van der Waals surface area contributed by atoms with Crippen molar-refractivity contribution in [3.05, 3.63) is 0 Å². The van der Waals surface area contributed by atoms with Crippen molar-refractivity contribution >= 4 is 9.84 Å². The van der Waals surface area contributed by atoms with Gasteiger partial charge < -0.3 is 5.32 Å². The average Bonchev–Trinajstić information content (AvgIpc) is 2.14. The van der Waals surface area contributed by atoms with Crippen LogP contribution in [0.5, 0.6) is 0 Å². The zero-order chi connectivity index (χ0) is 11.9. The summed E-state index contributed by atoms with van der Waals surface area (Å²) in [5.74, 6) is 0.965. The molecule has 0 bridgehead atoms. The summed E-state index contributed by atoms with van der Waals surface area (Å²) in [4.78, 5) is 0. The van der Waals surface area contributed by atoms with E-state index in [0.717, 1.165) is 19.3 Å². The highest BCUT2D eigenvalue weighted by Gasteiger charge is 2.19. The Morgan fingerprint density at radius 3 is 2.20 bits per heavy atom. The maximum absolute atomic E-state index is 11.7. The molecular formula is C11H25NO2S. The summed E-state index contributed by atoms with van der Waals surface area (Å²) in [6.07, 6.45) is 2.87. The van der Waals surface area contributed by atoms with Gasteiger partial charge in [0.1, 0.15) is 0 Å². The SMILES string of the molecule is CCCCCS(=O)(=O)CC(NC)C(C)C. The third-order valence-corrected chi connectivity index (χ3v) is 4.45. The summed E-state index contributed by atoms with van der Waals surface area (Å²) in [5.41, 5.74) is 0. The Morgan fingerprint density at radius 2 is 1.80 bits per heavy atom. The minimum absolute atomic E-state index is 0.0802. The van der Waals surface area contributed by atoms with Crippen LogP contribution in [0.15, 0.2) is 0 Å². The molecule has 0 saturated heterocycles. The van der Waals surface area contributed by atoms with Crippen LogP contribution in [0.3, 0.4) is 0 Å². The lowest BCUT2D eigenvalue weighted by Crippen LogP contribution is -2.38. The van der Waals surface area contributed by atoms with Crippen molar-refractivity contribution in [2.75, 3.05) is 18.6 Å². The highest BCUT2D eigenvalue weighted by Crippen LogP contribution is 2.07. The van der Waals surface area contributed by atoms with Gasteiger partial charge in [-0.3, -0.25) is 0 Å². The zero-order valence-electron chi connectivity index (χ0n) is 10.4. The zero-order valence-corrected chi connectivity index (χ0v) is 11.2. The Labute approximate surface area is 94.6 Å². The molecule has 0 heterocycles. The molecule has 1 N–H and O–H groups in total. The summed E-state index contributed by atoms with van der Waals surface area (Å²) in [6.45, 7) is 6.17. The van der Waals surface area contributed by atoms with Crippen LogP contribution in [0.25, 0.3) is 0 Å². The predicted molar refractivity (Wildman–Crippen MR) is 65.9 cm³/mol. The van der Waals surface area contributed by atoms with Crippen molar-refractivity contribution in [1.82, 2.24) is 5.32 Å². The quantitative estimate of drug-likeness (QED) is 0.653. The fourth-order valence-corrected chi connectivity index (χ4v) is 3.45. The molecule has 3 nitrogen and oxygen atoms in total. The van der Waals surface area contributed by atoms with Crippen molar-refractivity contribution < 1.29 is 8.42 Å². The van der Waals surface area contributed by atoms with Crippen molar-refractivity contribution in [3.8, 4) is 0 Å². The number of unbranched alkanes of at least 4 members (excludes halogenated alkanes) is 2. The smallest absolute Gasteiger partial charge is 0.151 e. The van der Waals surface area contributed by atoms with E-state index in [0.29, 0.717) is 11.7 Å². The first-order chi connectivity index (χ1) is 6.93. The molecule has 15 heavy (non-hydrogen) atoms. The van der Waals surface area contributed by atoms with Gasteiger partial charge in [0.25, 0.3) is 0 Å². The minimum atomic E-state index is -2.87. The first kappa shape index (κ1) is 14.9. The van der Waals surface area contributed by atoms with Gasteiger partial charge in [0, 0.05) is 6.04 Å². The summed E-state index contributed by atoms with van der Waals surface area (Å²) in [5, 5.41) is 3.07. The molecule has 0 aromatic carbocycles. The van der Waals surface area contributed by atoms with Crippen molar-refractivity contribution in [2.24, 2.45) is 5.92 Å². The van der Waals surface area contributed by atoms with Crippen LogP contribution in [0.4, 0.5) is 0 Å². The molecule has 0 rings (SSSR count). The van der Waals surface area contributed by atoms with Gasteiger partial charge in [0.2, 0.25) is 0 Å². The normalized spacial score (nSPS) is 14.5. The third-order valence-electron chi connectivity index (χ3n) is 2.67. The Hall–Kier alpha value is -0.0900. The highest BCUT2D eigenvalue weighted by atomic mass is 32.2. The van der Waals surface area contributed by atoms with Crippen LogP contribution in [0.2, 0.25) is 0 Å². The summed E-state index contributed by atoms with van der Waals surface area (Å²) in [7, 11) is -1.05. The lowest BCUT2D eigenvalue weighted by molar-refractivity contribution is 0.454. The van der Waals surface area contributed by atoms with Crippen molar-refractivity contribution in [3.63, 3.8) is 0 Å². The minimum Gasteiger partial charge on any atom is -0.316 e. The summed E-state index contributed by atoms with van der Waals surface area (Å²) >= 11 is 0. The molecule has 0 radical (unpaired) electrons. The summed E-state index contributed by atoms with van der Waals surface area (Å²) in [6, 6.07) is 0.0802. The first-order valence-electron chi connectivity index (χ1n) is 5.80. The van der Waals surface area contributed by atoms with E-state index in [9.17, 15) is 8.42 Å². The second kappa shape index (κ2) is 7.23. The Morgan fingerprint density at radius 1 is 1.20 bits per heavy atom. The molecule has 0 aliphatic rings. The lowest BCUT2D eigenvalue weighted by atomic mass is 10.1. The van der Waals surface area contributed by atoms with E-state index in [4.69, 9.17) is 0 Å². The maximum Gasteiger partial charge on any atom is 0.151 e. The van der Waals surface area contributed by atoms with Gasteiger partial charge in [-0.1, -0.05) is 33.6 Å². The molecule has 0 aliphatic carbocycles. The van der Waals surface area contributed by atoms with E-state index < -0.39 is 9.84 Å². The van der Waals surface area contributed by atoms with E-state index in [2.05, 4.69) is 12.2 Å². The highest BCUT2D eigenvalue weighted by molar-refractivity contribution is 7.91. The van der Waals surface area contributed by atoms with Gasteiger partial charge in [-0.2, -0.15) is 0 Å².